The lowest BCUT2D eigenvalue weighted by Crippen LogP contribution is -2.43. The predicted octanol–water partition coefficient (Wildman–Crippen LogP) is 4.88. The van der Waals surface area contributed by atoms with Crippen LogP contribution in [0.3, 0.4) is 0 Å². The molecule has 1 saturated carbocycles. The Balaban J connectivity index is 1.32. The summed E-state index contributed by atoms with van der Waals surface area (Å²) in [5, 5.41) is 2.57. The molecule has 2 aliphatic rings. The molecule has 0 aliphatic heterocycles. The van der Waals surface area contributed by atoms with Crippen molar-refractivity contribution >= 4 is 17.8 Å². The van der Waals surface area contributed by atoms with Gasteiger partial charge < -0.3 is 19.5 Å². The van der Waals surface area contributed by atoms with E-state index in [4.69, 9.17) is 14.2 Å². The summed E-state index contributed by atoms with van der Waals surface area (Å²) in [5.74, 6) is -2.85. The Bertz CT molecular complexity index is 1460. The highest BCUT2D eigenvalue weighted by Crippen LogP contribution is 2.39. The number of rotatable bonds is 9. The number of hydrogen-bond donors (Lipinski definition) is 1. The van der Waals surface area contributed by atoms with Crippen molar-refractivity contribution in [3.05, 3.63) is 88.7 Å². The molecule has 3 atom stereocenters. The van der Waals surface area contributed by atoms with E-state index in [2.05, 4.69) is 10.3 Å². The largest absolute Gasteiger partial charge is 0.493 e. The average molecular weight is 565 g/mol. The van der Waals surface area contributed by atoms with Crippen LogP contribution in [0.15, 0.2) is 54.7 Å². The van der Waals surface area contributed by atoms with Gasteiger partial charge in [-0.1, -0.05) is 18.2 Å². The van der Waals surface area contributed by atoms with Gasteiger partial charge in [-0.3, -0.25) is 9.59 Å². The number of pyridine rings is 1. The van der Waals surface area contributed by atoms with Crippen LogP contribution in [0.2, 0.25) is 0 Å². The molecule has 5 rings (SSSR count). The zero-order chi connectivity index (χ0) is 29.1. The van der Waals surface area contributed by atoms with Crippen molar-refractivity contribution in [1.29, 1.82) is 0 Å². The molecule has 0 radical (unpaired) electrons. The minimum absolute atomic E-state index is 0.119. The van der Waals surface area contributed by atoms with Crippen molar-refractivity contribution in [1.82, 2.24) is 10.3 Å². The Morgan fingerprint density at radius 1 is 1.02 bits per heavy atom. The van der Waals surface area contributed by atoms with E-state index in [0.29, 0.717) is 18.4 Å². The second-order valence-electron chi connectivity index (χ2n) is 10.4. The number of carbonyl (C=O) groups is 3. The summed E-state index contributed by atoms with van der Waals surface area (Å²) >= 11 is 0. The van der Waals surface area contributed by atoms with Crippen molar-refractivity contribution < 1.29 is 37.4 Å². The van der Waals surface area contributed by atoms with Crippen LogP contribution in [-0.2, 0) is 20.7 Å². The van der Waals surface area contributed by atoms with Gasteiger partial charge >= 0.3 is 11.9 Å². The second kappa shape index (κ2) is 12.0. The number of halogens is 2. The van der Waals surface area contributed by atoms with Gasteiger partial charge in [-0.05, 0) is 79.5 Å². The van der Waals surface area contributed by atoms with Crippen molar-refractivity contribution in [2.45, 2.75) is 57.1 Å². The fourth-order valence-corrected chi connectivity index (χ4v) is 5.09. The number of nitrogens with one attached hydrogen (secondary N) is 1. The third-order valence-corrected chi connectivity index (χ3v) is 7.38. The van der Waals surface area contributed by atoms with E-state index >= 15 is 0 Å². The number of esters is 2. The van der Waals surface area contributed by atoms with Gasteiger partial charge in [-0.25, -0.2) is 18.6 Å². The molecule has 1 heterocycles. The quantitative estimate of drug-likeness (QED) is 0.370. The molecule has 0 bridgehead atoms. The molecule has 214 valence electrons. The van der Waals surface area contributed by atoms with Crippen LogP contribution >= 0.6 is 0 Å². The Kier molecular flexibility index (Phi) is 8.28. The maximum atomic E-state index is 13.9. The van der Waals surface area contributed by atoms with Gasteiger partial charge in [0.15, 0.2) is 11.4 Å². The molecule has 0 spiro atoms. The van der Waals surface area contributed by atoms with Crippen molar-refractivity contribution in [3.63, 3.8) is 0 Å². The minimum Gasteiger partial charge on any atom is -0.493 e. The first-order valence-corrected chi connectivity index (χ1v) is 13.5. The number of ether oxygens (including phenoxy) is 3. The summed E-state index contributed by atoms with van der Waals surface area (Å²) in [6.45, 7) is 1.47. The zero-order valence-electron chi connectivity index (χ0n) is 22.7. The highest BCUT2D eigenvalue weighted by atomic mass is 19.1. The molecular weight excluding hydrogens is 534 g/mol. The molecule has 10 heteroatoms. The first kappa shape index (κ1) is 28.2. The Morgan fingerprint density at radius 2 is 1.76 bits per heavy atom. The van der Waals surface area contributed by atoms with Crippen molar-refractivity contribution in [2.75, 3.05) is 7.11 Å². The first-order chi connectivity index (χ1) is 19.7. The molecule has 41 heavy (non-hydrogen) atoms. The minimum atomic E-state index is -1.09. The maximum absolute atomic E-state index is 13.9. The number of amides is 1. The molecule has 8 nitrogen and oxygen atoms in total. The van der Waals surface area contributed by atoms with Crippen LogP contribution in [0, 0.1) is 17.6 Å². The summed E-state index contributed by atoms with van der Waals surface area (Å²) in [6.07, 6.45) is 3.73. The summed E-state index contributed by atoms with van der Waals surface area (Å²) < 4.78 is 44.2. The molecule has 1 N–H and O–H groups in total. The van der Waals surface area contributed by atoms with E-state index in [1.165, 1.54) is 50.6 Å². The molecule has 2 aliphatic carbocycles. The lowest BCUT2D eigenvalue weighted by Gasteiger charge is -2.34. The molecular formula is C31H30F2N2O6. The molecule has 2 aromatic carbocycles. The number of benzene rings is 2. The SMILES string of the molecule is COc1ccnc(C(=O)N[C@@H](C)C(=O)O[C@H]2CCc3cc(F)ccc3[C@@H]2c2ccc(F)cc2)c1OC(=O)CC1CC1. The van der Waals surface area contributed by atoms with Gasteiger partial charge in [-0.2, -0.15) is 0 Å². The fourth-order valence-electron chi connectivity index (χ4n) is 5.09. The average Bonchev–Trinajstić information content (AvgIpc) is 3.77. The lowest BCUT2D eigenvalue weighted by molar-refractivity contribution is -0.152. The summed E-state index contributed by atoms with van der Waals surface area (Å²) in [4.78, 5) is 42.8. The number of aromatic nitrogens is 1. The number of carbonyl (C=O) groups excluding carboxylic acids is 3. The van der Waals surface area contributed by atoms with E-state index in [9.17, 15) is 23.2 Å². The van der Waals surface area contributed by atoms with Crippen LogP contribution in [0.5, 0.6) is 11.5 Å². The summed E-state index contributed by atoms with van der Waals surface area (Å²) in [7, 11) is 1.38. The number of methoxy groups -OCH3 is 1. The van der Waals surface area contributed by atoms with E-state index in [-0.39, 0.29) is 35.3 Å². The van der Waals surface area contributed by atoms with E-state index in [1.54, 1.807) is 18.2 Å². The Hall–Kier alpha value is -4.34. The number of aryl methyl sites for hydroxylation is 1. The monoisotopic (exact) mass is 564 g/mol. The third kappa shape index (κ3) is 6.53. The fraction of sp³-hybridized carbons (Fsp3) is 0.355. The molecule has 0 saturated heterocycles. The zero-order valence-corrected chi connectivity index (χ0v) is 22.7. The molecule has 3 aromatic rings. The van der Waals surface area contributed by atoms with Crippen LogP contribution in [0.1, 0.15) is 65.7 Å². The summed E-state index contributed by atoms with van der Waals surface area (Å²) in [6, 6.07) is 10.7. The number of hydrogen-bond acceptors (Lipinski definition) is 7. The molecule has 0 unspecified atom stereocenters. The van der Waals surface area contributed by atoms with Gasteiger partial charge in [0.1, 0.15) is 23.8 Å². The van der Waals surface area contributed by atoms with Gasteiger partial charge in [0.2, 0.25) is 5.75 Å². The van der Waals surface area contributed by atoms with E-state index in [0.717, 1.165) is 24.0 Å². The normalized spacial score (nSPS) is 18.5. The highest BCUT2D eigenvalue weighted by Gasteiger charge is 2.35. The van der Waals surface area contributed by atoms with Crippen LogP contribution in [0.4, 0.5) is 8.78 Å². The number of nitrogens with zero attached hydrogens (tertiary/aromatic N) is 1. The smallest absolute Gasteiger partial charge is 0.328 e. The van der Waals surface area contributed by atoms with E-state index in [1.807, 2.05) is 0 Å². The van der Waals surface area contributed by atoms with Gasteiger partial charge in [-0.15, -0.1) is 0 Å². The Morgan fingerprint density at radius 3 is 2.46 bits per heavy atom. The van der Waals surface area contributed by atoms with Gasteiger partial charge in [0.25, 0.3) is 5.91 Å². The highest BCUT2D eigenvalue weighted by molar-refractivity contribution is 5.98. The van der Waals surface area contributed by atoms with Crippen LogP contribution in [0.25, 0.3) is 0 Å². The van der Waals surface area contributed by atoms with Gasteiger partial charge in [0, 0.05) is 24.6 Å². The summed E-state index contributed by atoms with van der Waals surface area (Å²) in [5.41, 5.74) is 2.09. The van der Waals surface area contributed by atoms with E-state index < -0.39 is 41.7 Å². The van der Waals surface area contributed by atoms with Crippen molar-refractivity contribution in [3.8, 4) is 11.5 Å². The second-order valence-corrected chi connectivity index (χ2v) is 10.4. The lowest BCUT2D eigenvalue weighted by atomic mass is 9.77. The molecule has 1 aromatic heterocycles. The maximum Gasteiger partial charge on any atom is 0.328 e. The third-order valence-electron chi connectivity index (χ3n) is 7.38. The topological polar surface area (TPSA) is 104 Å². The van der Waals surface area contributed by atoms with Crippen molar-refractivity contribution in [2.24, 2.45) is 5.92 Å². The molecule has 1 fully saturated rings. The van der Waals surface area contributed by atoms with Crippen LogP contribution < -0.4 is 14.8 Å². The Labute approximate surface area is 236 Å². The predicted molar refractivity (Wildman–Crippen MR) is 144 cm³/mol. The van der Waals surface area contributed by atoms with Crippen LogP contribution in [-0.4, -0.2) is 42.1 Å². The first-order valence-electron chi connectivity index (χ1n) is 13.5. The molecule has 1 amide bonds. The van der Waals surface area contributed by atoms with Gasteiger partial charge in [0.05, 0.1) is 7.11 Å². The number of fused-ring (bicyclic) bond motifs is 1. The standard InChI is InChI=1S/C31H30F2N2O6/c1-17(35-30(37)28-29(25(39-2)13-14-34-28)41-26(36)15-18-3-4-18)31(38)40-24-12-7-20-16-22(33)10-11-23(20)27(24)19-5-8-21(32)9-6-19/h5-6,8-11,13-14,16-18,24,27H,3-4,7,12,15H2,1-2H3,(H,35,37)/t17-,24-,27-/m0/s1.